The zero-order valence-electron chi connectivity index (χ0n) is 18.7. The number of methoxy groups -OCH3 is 1. The second-order valence-corrected chi connectivity index (χ2v) is 8.53. The molecular formula is C22H26F2N8O. The van der Waals surface area contributed by atoms with Crippen LogP contribution in [0, 0.1) is 0 Å². The van der Waals surface area contributed by atoms with Crippen molar-refractivity contribution in [2.75, 3.05) is 39.2 Å². The van der Waals surface area contributed by atoms with Crippen molar-refractivity contribution >= 4 is 22.5 Å². The van der Waals surface area contributed by atoms with Gasteiger partial charge in [-0.05, 0) is 44.2 Å². The van der Waals surface area contributed by atoms with Crippen LogP contribution in [-0.2, 0) is 0 Å². The second kappa shape index (κ2) is 8.54. The van der Waals surface area contributed by atoms with Crippen LogP contribution < -0.4 is 10.1 Å². The molecule has 0 amide bonds. The summed E-state index contributed by atoms with van der Waals surface area (Å²) in [5.41, 5.74) is 3.84. The van der Waals surface area contributed by atoms with E-state index in [1.54, 1.807) is 23.2 Å². The molecule has 1 aliphatic heterocycles. The maximum absolute atomic E-state index is 14.5. The molecule has 33 heavy (non-hydrogen) atoms. The first-order chi connectivity index (χ1) is 16.0. The molecular weight excluding hydrogens is 430 g/mol. The molecule has 3 atom stereocenters. The Morgan fingerprint density at radius 1 is 1.30 bits per heavy atom. The highest BCUT2D eigenvalue weighted by Gasteiger charge is 2.28. The maximum Gasteiger partial charge on any atom is 0.244 e. The number of hydrogen-bond donors (Lipinski definition) is 1. The number of fused-ring (bicyclic) bond motifs is 2. The first-order valence-corrected chi connectivity index (χ1v) is 10.9. The van der Waals surface area contributed by atoms with Crippen LogP contribution in [-0.4, -0.2) is 80.6 Å². The largest absolute Gasteiger partial charge is 0.479 e. The standard InChI is InChI=1S/C22H26F2N8O/c1-13(11-23)32-19-10-14(4-5-18(19)27-29-32)15-6-9-31-20(15)21(33-3)26-22(28-31)25-17-7-8-30(2)12-16(17)24/h4-6,9-10,13,16-17H,7-8,11-12H2,1-3H3,(H,25,28)/t13-,16-,17+/m0/s1. The summed E-state index contributed by atoms with van der Waals surface area (Å²) in [6.45, 7) is 2.40. The summed E-state index contributed by atoms with van der Waals surface area (Å²) in [5, 5.41) is 15.9. The fourth-order valence-corrected chi connectivity index (χ4v) is 4.31. The molecule has 11 heteroatoms. The van der Waals surface area contributed by atoms with E-state index in [-0.39, 0.29) is 6.04 Å². The van der Waals surface area contributed by atoms with Crippen molar-refractivity contribution < 1.29 is 13.5 Å². The molecule has 1 aliphatic rings. The Hall–Kier alpha value is -3.34. The number of anilines is 1. The van der Waals surface area contributed by atoms with Crippen molar-refractivity contribution in [1.29, 1.82) is 0 Å². The number of piperidine rings is 1. The molecule has 0 saturated carbocycles. The highest BCUT2D eigenvalue weighted by atomic mass is 19.1. The van der Waals surface area contributed by atoms with Crippen LogP contribution in [0.15, 0.2) is 30.5 Å². The fourth-order valence-electron chi connectivity index (χ4n) is 4.31. The van der Waals surface area contributed by atoms with Crippen LogP contribution in [0.2, 0.25) is 0 Å². The summed E-state index contributed by atoms with van der Waals surface area (Å²) in [4.78, 5) is 6.48. The number of rotatable bonds is 6. The Kier molecular flexibility index (Phi) is 5.57. The molecule has 4 aromatic rings. The van der Waals surface area contributed by atoms with Gasteiger partial charge in [-0.15, -0.1) is 10.2 Å². The van der Waals surface area contributed by atoms with E-state index in [0.717, 1.165) is 23.2 Å². The van der Waals surface area contributed by atoms with Gasteiger partial charge in [0.05, 0.1) is 24.7 Å². The molecule has 0 aliphatic carbocycles. The number of benzene rings is 1. The Bertz CT molecular complexity index is 1290. The lowest BCUT2D eigenvalue weighted by Gasteiger charge is -2.32. The molecule has 174 valence electrons. The molecule has 1 fully saturated rings. The summed E-state index contributed by atoms with van der Waals surface area (Å²) >= 11 is 0. The average Bonchev–Trinajstić information content (AvgIpc) is 3.43. The van der Waals surface area contributed by atoms with Gasteiger partial charge in [0.2, 0.25) is 11.8 Å². The molecule has 5 rings (SSSR count). The van der Waals surface area contributed by atoms with Crippen molar-refractivity contribution in [2.45, 2.75) is 31.6 Å². The average molecular weight is 457 g/mol. The summed E-state index contributed by atoms with van der Waals surface area (Å²) in [5.74, 6) is 0.688. The van der Waals surface area contributed by atoms with Crippen molar-refractivity contribution in [1.82, 2.24) is 34.5 Å². The first kappa shape index (κ1) is 21.5. The van der Waals surface area contributed by atoms with Crippen LogP contribution >= 0.6 is 0 Å². The number of halogens is 2. The number of nitrogens with zero attached hydrogens (tertiary/aromatic N) is 7. The topological polar surface area (TPSA) is 85.4 Å². The second-order valence-electron chi connectivity index (χ2n) is 8.53. The Labute approximate surface area is 189 Å². The predicted molar refractivity (Wildman–Crippen MR) is 121 cm³/mol. The number of ether oxygens (including phenoxy) is 1. The third kappa shape index (κ3) is 3.86. The SMILES string of the molecule is COc1nc(N[C@@H]2CCN(C)C[C@@H]2F)nn2ccc(-c3ccc4nnn([C@@H](C)CF)c4c3)c12. The van der Waals surface area contributed by atoms with Gasteiger partial charge in [0, 0.05) is 24.8 Å². The van der Waals surface area contributed by atoms with E-state index in [4.69, 9.17) is 4.74 Å². The summed E-state index contributed by atoms with van der Waals surface area (Å²) in [7, 11) is 3.45. The molecule has 4 heterocycles. The lowest BCUT2D eigenvalue weighted by molar-refractivity contribution is 0.149. The van der Waals surface area contributed by atoms with E-state index in [1.165, 1.54) is 0 Å². The van der Waals surface area contributed by atoms with E-state index in [1.807, 2.05) is 42.4 Å². The van der Waals surface area contributed by atoms with Crippen LogP contribution in [0.3, 0.4) is 0 Å². The van der Waals surface area contributed by atoms with Gasteiger partial charge >= 0.3 is 0 Å². The number of hydrogen-bond acceptors (Lipinski definition) is 7. The molecule has 1 saturated heterocycles. The lowest BCUT2D eigenvalue weighted by atomic mass is 10.0. The van der Waals surface area contributed by atoms with E-state index >= 15 is 0 Å². The molecule has 9 nitrogen and oxygen atoms in total. The Balaban J connectivity index is 1.53. The minimum atomic E-state index is -1.01. The molecule has 3 aromatic heterocycles. The van der Waals surface area contributed by atoms with Gasteiger partial charge < -0.3 is 15.0 Å². The van der Waals surface area contributed by atoms with E-state index in [2.05, 4.69) is 25.7 Å². The van der Waals surface area contributed by atoms with E-state index in [0.29, 0.717) is 35.8 Å². The molecule has 0 unspecified atom stereocenters. The first-order valence-electron chi connectivity index (χ1n) is 10.9. The lowest BCUT2D eigenvalue weighted by Crippen LogP contribution is -2.46. The highest BCUT2D eigenvalue weighted by molar-refractivity contribution is 5.89. The molecule has 0 spiro atoms. The van der Waals surface area contributed by atoms with Crippen molar-refractivity contribution in [3.05, 3.63) is 30.5 Å². The molecule has 1 aromatic carbocycles. The van der Waals surface area contributed by atoms with Crippen molar-refractivity contribution in [3.8, 4) is 17.0 Å². The van der Waals surface area contributed by atoms with Crippen molar-refractivity contribution in [2.24, 2.45) is 0 Å². The number of aromatic nitrogens is 6. The zero-order valence-corrected chi connectivity index (χ0v) is 18.7. The summed E-state index contributed by atoms with van der Waals surface area (Å²) in [6, 6.07) is 6.85. The van der Waals surface area contributed by atoms with Gasteiger partial charge in [-0.3, -0.25) is 0 Å². The van der Waals surface area contributed by atoms with Crippen LogP contribution in [0.4, 0.5) is 14.7 Å². The Morgan fingerprint density at radius 3 is 2.91 bits per heavy atom. The maximum atomic E-state index is 14.5. The van der Waals surface area contributed by atoms with Crippen LogP contribution in [0.25, 0.3) is 27.7 Å². The van der Waals surface area contributed by atoms with Gasteiger partial charge in [-0.25, -0.2) is 18.0 Å². The minimum absolute atomic E-state index is 0.313. The summed E-state index contributed by atoms with van der Waals surface area (Å²) in [6.07, 6.45) is 1.47. The molecule has 0 radical (unpaired) electrons. The van der Waals surface area contributed by atoms with Gasteiger partial charge in [0.1, 0.15) is 23.9 Å². The van der Waals surface area contributed by atoms with Crippen LogP contribution in [0.5, 0.6) is 5.88 Å². The normalized spacial score (nSPS) is 20.4. The molecule has 1 N–H and O–H groups in total. The van der Waals surface area contributed by atoms with E-state index in [9.17, 15) is 8.78 Å². The predicted octanol–water partition coefficient (Wildman–Crippen LogP) is 3.13. The number of alkyl halides is 2. The smallest absolute Gasteiger partial charge is 0.244 e. The minimum Gasteiger partial charge on any atom is -0.479 e. The Morgan fingerprint density at radius 2 is 2.15 bits per heavy atom. The van der Waals surface area contributed by atoms with Crippen LogP contribution in [0.1, 0.15) is 19.4 Å². The molecule has 0 bridgehead atoms. The number of nitrogens with one attached hydrogen (secondary N) is 1. The summed E-state index contributed by atoms with van der Waals surface area (Å²) < 4.78 is 36.6. The third-order valence-corrected chi connectivity index (χ3v) is 6.15. The van der Waals surface area contributed by atoms with Gasteiger partial charge in [0.25, 0.3) is 0 Å². The van der Waals surface area contributed by atoms with Gasteiger partial charge in [-0.1, -0.05) is 11.3 Å². The van der Waals surface area contributed by atoms with Gasteiger partial charge in [-0.2, -0.15) is 4.98 Å². The van der Waals surface area contributed by atoms with Crippen molar-refractivity contribution in [3.63, 3.8) is 0 Å². The van der Waals surface area contributed by atoms with Gasteiger partial charge in [0.15, 0.2) is 0 Å². The quantitative estimate of drug-likeness (QED) is 0.477. The zero-order chi connectivity index (χ0) is 23.1. The fraction of sp³-hybridized carbons (Fsp3) is 0.455. The monoisotopic (exact) mass is 456 g/mol. The highest BCUT2D eigenvalue weighted by Crippen LogP contribution is 2.33. The van der Waals surface area contributed by atoms with E-state index < -0.39 is 18.9 Å². The third-order valence-electron chi connectivity index (χ3n) is 6.15. The number of likely N-dealkylation sites (tertiary alicyclic amines) is 1.